The molecule has 118 valence electrons. The molecule has 1 fully saturated rings. The molecule has 0 bridgehead atoms. The zero-order chi connectivity index (χ0) is 15.6. The van der Waals surface area contributed by atoms with Gasteiger partial charge in [0.1, 0.15) is 16.5 Å². The van der Waals surface area contributed by atoms with Gasteiger partial charge in [-0.05, 0) is 60.4 Å². The molecule has 0 spiro atoms. The van der Waals surface area contributed by atoms with Crippen LogP contribution in [-0.2, 0) is 10.0 Å². The van der Waals surface area contributed by atoms with Gasteiger partial charge in [-0.15, -0.1) is 0 Å². The minimum absolute atomic E-state index is 0.0920. The SMILES string of the molecule is CNCC1CCCN(S(=O)(=O)c2cc(F)c(Br)cc2F)C1. The van der Waals surface area contributed by atoms with Crippen molar-refractivity contribution in [2.75, 3.05) is 26.7 Å². The molecule has 1 saturated heterocycles. The zero-order valence-electron chi connectivity index (χ0n) is 11.6. The van der Waals surface area contributed by atoms with E-state index in [1.165, 1.54) is 4.31 Å². The van der Waals surface area contributed by atoms with Crippen LogP contribution in [0.15, 0.2) is 21.5 Å². The molecule has 1 N–H and O–H groups in total. The van der Waals surface area contributed by atoms with Crippen LogP contribution in [0, 0.1) is 17.6 Å². The molecule has 1 unspecified atom stereocenters. The van der Waals surface area contributed by atoms with Crippen LogP contribution in [0.1, 0.15) is 12.8 Å². The lowest BCUT2D eigenvalue weighted by Crippen LogP contribution is -2.42. The largest absolute Gasteiger partial charge is 0.319 e. The van der Waals surface area contributed by atoms with Crippen molar-refractivity contribution in [2.24, 2.45) is 5.92 Å². The van der Waals surface area contributed by atoms with Gasteiger partial charge in [0, 0.05) is 13.1 Å². The Labute approximate surface area is 131 Å². The molecule has 1 aromatic carbocycles. The molecule has 21 heavy (non-hydrogen) atoms. The Morgan fingerprint density at radius 1 is 1.38 bits per heavy atom. The first kappa shape index (κ1) is 16.8. The van der Waals surface area contributed by atoms with Crippen LogP contribution in [0.4, 0.5) is 8.78 Å². The average Bonchev–Trinajstić information content (AvgIpc) is 2.43. The zero-order valence-corrected chi connectivity index (χ0v) is 14.0. The molecule has 0 saturated carbocycles. The molecule has 0 aliphatic carbocycles. The number of hydrogen-bond donors (Lipinski definition) is 1. The normalized spacial score (nSPS) is 20.7. The fourth-order valence-corrected chi connectivity index (χ4v) is 4.47. The van der Waals surface area contributed by atoms with E-state index in [-0.39, 0.29) is 10.4 Å². The van der Waals surface area contributed by atoms with Crippen molar-refractivity contribution in [3.05, 3.63) is 28.2 Å². The molecular weight excluding hydrogens is 366 g/mol. The van der Waals surface area contributed by atoms with Gasteiger partial charge in [-0.2, -0.15) is 4.31 Å². The second-order valence-electron chi connectivity index (χ2n) is 5.13. The van der Waals surface area contributed by atoms with Gasteiger partial charge in [0.25, 0.3) is 0 Å². The van der Waals surface area contributed by atoms with Crippen molar-refractivity contribution in [1.82, 2.24) is 9.62 Å². The summed E-state index contributed by atoms with van der Waals surface area (Å²) in [5, 5.41) is 3.02. The average molecular weight is 383 g/mol. The highest BCUT2D eigenvalue weighted by molar-refractivity contribution is 9.10. The van der Waals surface area contributed by atoms with Crippen LogP contribution < -0.4 is 5.32 Å². The highest BCUT2D eigenvalue weighted by Gasteiger charge is 2.32. The number of sulfonamides is 1. The highest BCUT2D eigenvalue weighted by Crippen LogP contribution is 2.28. The number of nitrogens with zero attached hydrogens (tertiary/aromatic N) is 1. The van der Waals surface area contributed by atoms with Crippen molar-refractivity contribution in [3.63, 3.8) is 0 Å². The predicted octanol–water partition coefficient (Wildman–Crippen LogP) is 2.35. The maximum Gasteiger partial charge on any atom is 0.246 e. The second-order valence-corrected chi connectivity index (χ2v) is 7.89. The van der Waals surface area contributed by atoms with Crippen LogP contribution in [0.5, 0.6) is 0 Å². The smallest absolute Gasteiger partial charge is 0.246 e. The van der Waals surface area contributed by atoms with Crippen molar-refractivity contribution in [1.29, 1.82) is 0 Å². The maximum absolute atomic E-state index is 13.9. The number of rotatable bonds is 4. The van der Waals surface area contributed by atoms with Crippen molar-refractivity contribution >= 4 is 26.0 Å². The maximum atomic E-state index is 13.9. The molecule has 1 aliphatic rings. The number of hydrogen-bond acceptors (Lipinski definition) is 3. The number of nitrogens with one attached hydrogen (secondary N) is 1. The summed E-state index contributed by atoms with van der Waals surface area (Å²) in [4.78, 5) is -0.603. The monoisotopic (exact) mass is 382 g/mol. The van der Waals surface area contributed by atoms with Crippen LogP contribution in [0.2, 0.25) is 0 Å². The van der Waals surface area contributed by atoms with Gasteiger partial charge < -0.3 is 5.32 Å². The van der Waals surface area contributed by atoms with Gasteiger partial charge in [-0.1, -0.05) is 0 Å². The summed E-state index contributed by atoms with van der Waals surface area (Å²) in [7, 11) is -2.21. The fraction of sp³-hybridized carbons (Fsp3) is 0.538. The first-order valence-corrected chi connectivity index (χ1v) is 8.89. The second kappa shape index (κ2) is 6.68. The quantitative estimate of drug-likeness (QED) is 0.813. The fourth-order valence-electron chi connectivity index (χ4n) is 2.54. The number of halogens is 3. The summed E-state index contributed by atoms with van der Waals surface area (Å²) in [5.41, 5.74) is 0. The Bertz CT molecular complexity index is 623. The third kappa shape index (κ3) is 3.61. The molecule has 1 aliphatic heterocycles. The van der Waals surface area contributed by atoms with E-state index in [2.05, 4.69) is 21.2 Å². The van der Waals surface area contributed by atoms with Gasteiger partial charge in [-0.25, -0.2) is 17.2 Å². The van der Waals surface area contributed by atoms with Crippen LogP contribution in [0.3, 0.4) is 0 Å². The Balaban J connectivity index is 2.31. The van der Waals surface area contributed by atoms with E-state index >= 15 is 0 Å². The first-order chi connectivity index (χ1) is 9.86. The standard InChI is InChI=1S/C13H17BrF2N2O2S/c1-17-7-9-3-2-4-18(8-9)21(19,20)13-6-11(15)10(14)5-12(13)16/h5-6,9,17H,2-4,7-8H2,1H3. The van der Waals surface area contributed by atoms with Gasteiger partial charge in [0.05, 0.1) is 4.47 Å². The summed E-state index contributed by atoms with van der Waals surface area (Å²) >= 11 is 2.84. The summed E-state index contributed by atoms with van der Waals surface area (Å²) in [5.74, 6) is -1.56. The van der Waals surface area contributed by atoms with Crippen LogP contribution in [-0.4, -0.2) is 39.4 Å². The minimum Gasteiger partial charge on any atom is -0.319 e. The molecule has 0 aromatic heterocycles. The molecule has 2 rings (SSSR count). The van der Waals surface area contributed by atoms with Crippen molar-refractivity contribution < 1.29 is 17.2 Å². The minimum atomic E-state index is -4.01. The lowest BCUT2D eigenvalue weighted by atomic mass is 10.00. The van der Waals surface area contributed by atoms with Gasteiger partial charge in [0.2, 0.25) is 10.0 Å². The Morgan fingerprint density at radius 2 is 2.10 bits per heavy atom. The van der Waals surface area contributed by atoms with E-state index < -0.39 is 26.6 Å². The summed E-state index contributed by atoms with van der Waals surface area (Å²) in [6, 6.07) is 1.58. The van der Waals surface area contributed by atoms with Crippen LogP contribution in [0.25, 0.3) is 0 Å². The summed E-state index contributed by atoms with van der Waals surface area (Å²) in [6.07, 6.45) is 1.64. The van der Waals surface area contributed by atoms with E-state index in [0.29, 0.717) is 26.1 Å². The molecule has 1 heterocycles. The molecule has 1 aromatic rings. The molecule has 8 heteroatoms. The lowest BCUT2D eigenvalue weighted by molar-refractivity contribution is 0.262. The number of piperidine rings is 1. The number of benzene rings is 1. The van der Waals surface area contributed by atoms with Crippen molar-refractivity contribution in [3.8, 4) is 0 Å². The molecule has 1 atom stereocenters. The van der Waals surface area contributed by atoms with E-state index in [1.807, 2.05) is 0 Å². The van der Waals surface area contributed by atoms with E-state index in [4.69, 9.17) is 0 Å². The van der Waals surface area contributed by atoms with Gasteiger partial charge >= 0.3 is 0 Å². The van der Waals surface area contributed by atoms with Crippen LogP contribution >= 0.6 is 15.9 Å². The predicted molar refractivity (Wildman–Crippen MR) is 79.5 cm³/mol. The molecule has 4 nitrogen and oxygen atoms in total. The molecule has 0 amide bonds. The van der Waals surface area contributed by atoms with E-state index in [9.17, 15) is 17.2 Å². The molecule has 0 radical (unpaired) electrons. The van der Waals surface area contributed by atoms with Gasteiger partial charge in [0.15, 0.2) is 0 Å². The Kier molecular flexibility index (Phi) is 5.34. The molecular formula is C13H17BrF2N2O2S. The third-order valence-electron chi connectivity index (χ3n) is 3.57. The van der Waals surface area contributed by atoms with Crippen molar-refractivity contribution in [2.45, 2.75) is 17.7 Å². The van der Waals surface area contributed by atoms with E-state index in [1.54, 1.807) is 7.05 Å². The first-order valence-electron chi connectivity index (χ1n) is 6.65. The Hall–Kier alpha value is -0.570. The summed E-state index contributed by atoms with van der Waals surface area (Å²) in [6.45, 7) is 1.35. The summed E-state index contributed by atoms with van der Waals surface area (Å²) < 4.78 is 53.6. The highest BCUT2D eigenvalue weighted by atomic mass is 79.9. The van der Waals surface area contributed by atoms with Gasteiger partial charge in [-0.3, -0.25) is 0 Å². The lowest BCUT2D eigenvalue weighted by Gasteiger charge is -2.31. The third-order valence-corrected chi connectivity index (χ3v) is 6.06. The topological polar surface area (TPSA) is 49.4 Å². The van der Waals surface area contributed by atoms with E-state index in [0.717, 1.165) is 18.6 Å². The Morgan fingerprint density at radius 3 is 2.76 bits per heavy atom.